The normalized spacial score (nSPS) is 19.1. The van der Waals surface area contributed by atoms with E-state index in [2.05, 4.69) is 5.32 Å². The lowest BCUT2D eigenvalue weighted by Gasteiger charge is -2.21. The molecule has 0 radical (unpaired) electrons. The van der Waals surface area contributed by atoms with Crippen molar-refractivity contribution in [2.45, 2.75) is 19.8 Å². The highest BCUT2D eigenvalue weighted by Crippen LogP contribution is 2.23. The monoisotopic (exact) mass is 301 g/mol. The molecule has 4 nitrogen and oxygen atoms in total. The maximum atomic E-state index is 12.0. The quantitative estimate of drug-likeness (QED) is 0.912. The summed E-state index contributed by atoms with van der Waals surface area (Å²) in [5.41, 5.74) is 1.59. The number of carbonyl (C=O) groups is 1. The van der Waals surface area contributed by atoms with Crippen molar-refractivity contribution in [3.05, 3.63) is 28.8 Å². The molecule has 0 atom stereocenters. The molecule has 0 saturated carbocycles. The van der Waals surface area contributed by atoms with E-state index >= 15 is 0 Å². The van der Waals surface area contributed by atoms with E-state index in [0.717, 1.165) is 5.56 Å². The Hall–Kier alpha value is -1.07. The van der Waals surface area contributed by atoms with Crippen molar-refractivity contribution in [2.75, 3.05) is 16.8 Å². The van der Waals surface area contributed by atoms with Crippen molar-refractivity contribution in [1.29, 1.82) is 0 Å². The van der Waals surface area contributed by atoms with E-state index in [4.69, 9.17) is 11.6 Å². The van der Waals surface area contributed by atoms with E-state index in [-0.39, 0.29) is 23.3 Å². The first-order chi connectivity index (χ1) is 8.87. The van der Waals surface area contributed by atoms with Gasteiger partial charge in [-0.2, -0.15) is 0 Å². The molecular formula is C13H16ClNO3S. The molecular weight excluding hydrogens is 286 g/mol. The zero-order chi connectivity index (χ0) is 14.0. The summed E-state index contributed by atoms with van der Waals surface area (Å²) in [6.07, 6.45) is 0.793. The molecule has 0 bridgehead atoms. The van der Waals surface area contributed by atoms with E-state index in [9.17, 15) is 13.2 Å². The van der Waals surface area contributed by atoms with Crippen LogP contribution in [0.4, 0.5) is 5.69 Å². The molecule has 0 spiro atoms. The van der Waals surface area contributed by atoms with Crippen LogP contribution in [0.1, 0.15) is 18.4 Å². The molecule has 1 aliphatic heterocycles. The Morgan fingerprint density at radius 2 is 1.95 bits per heavy atom. The number of anilines is 1. The number of rotatable bonds is 2. The van der Waals surface area contributed by atoms with Gasteiger partial charge < -0.3 is 5.32 Å². The maximum Gasteiger partial charge on any atom is 0.227 e. The fourth-order valence-corrected chi connectivity index (χ4v) is 3.74. The highest BCUT2D eigenvalue weighted by atomic mass is 35.5. The average molecular weight is 302 g/mol. The van der Waals surface area contributed by atoms with Gasteiger partial charge in [-0.1, -0.05) is 17.7 Å². The second kappa shape index (κ2) is 5.51. The minimum Gasteiger partial charge on any atom is -0.326 e. The smallest absolute Gasteiger partial charge is 0.227 e. The lowest BCUT2D eigenvalue weighted by molar-refractivity contribution is -0.120. The predicted molar refractivity (Wildman–Crippen MR) is 76.2 cm³/mol. The molecule has 1 heterocycles. The fraction of sp³-hybridized carbons (Fsp3) is 0.462. The number of aryl methyl sites for hydroxylation is 1. The number of hydrogen-bond acceptors (Lipinski definition) is 3. The number of halogens is 1. The number of sulfone groups is 1. The molecule has 1 aliphatic rings. The maximum absolute atomic E-state index is 12.0. The lowest BCUT2D eigenvalue weighted by atomic mass is 10.0. The first-order valence-electron chi connectivity index (χ1n) is 6.15. The summed E-state index contributed by atoms with van der Waals surface area (Å²) in [6, 6.07) is 5.33. The van der Waals surface area contributed by atoms with Gasteiger partial charge in [0.2, 0.25) is 5.91 Å². The van der Waals surface area contributed by atoms with Crippen molar-refractivity contribution >= 4 is 33.0 Å². The van der Waals surface area contributed by atoms with Crippen LogP contribution < -0.4 is 5.32 Å². The highest BCUT2D eigenvalue weighted by Gasteiger charge is 2.28. The van der Waals surface area contributed by atoms with E-state index in [0.29, 0.717) is 23.6 Å². The molecule has 1 fully saturated rings. The van der Waals surface area contributed by atoms with Gasteiger partial charge in [0.05, 0.1) is 11.5 Å². The van der Waals surface area contributed by atoms with Crippen LogP contribution in [0.5, 0.6) is 0 Å². The van der Waals surface area contributed by atoms with Crippen LogP contribution in [-0.4, -0.2) is 25.8 Å². The Kier molecular flexibility index (Phi) is 4.16. The third-order valence-corrected chi connectivity index (χ3v) is 5.49. The summed E-state index contributed by atoms with van der Waals surface area (Å²) in [6.45, 7) is 1.89. The first-order valence-corrected chi connectivity index (χ1v) is 8.35. The summed E-state index contributed by atoms with van der Waals surface area (Å²) >= 11 is 5.99. The molecule has 1 aromatic carbocycles. The first kappa shape index (κ1) is 14.3. The molecule has 1 amide bonds. The minimum absolute atomic E-state index is 0.0970. The number of carbonyl (C=O) groups excluding carboxylic acids is 1. The Morgan fingerprint density at radius 1 is 1.32 bits per heavy atom. The molecule has 1 aromatic rings. The van der Waals surface area contributed by atoms with Crippen LogP contribution in [0, 0.1) is 12.8 Å². The van der Waals surface area contributed by atoms with E-state index in [1.165, 1.54) is 0 Å². The second-order valence-electron chi connectivity index (χ2n) is 4.88. The number of benzene rings is 1. The molecule has 2 rings (SSSR count). The van der Waals surface area contributed by atoms with Gasteiger partial charge in [0, 0.05) is 16.6 Å². The van der Waals surface area contributed by atoms with Crippen LogP contribution in [0.25, 0.3) is 0 Å². The third kappa shape index (κ3) is 3.70. The van der Waals surface area contributed by atoms with Gasteiger partial charge >= 0.3 is 0 Å². The molecule has 1 N–H and O–H groups in total. The van der Waals surface area contributed by atoms with Gasteiger partial charge in [-0.05, 0) is 37.5 Å². The SMILES string of the molecule is Cc1ccc(NC(=O)C2CCS(=O)(=O)CC2)cc1Cl. The topological polar surface area (TPSA) is 63.2 Å². The van der Waals surface area contributed by atoms with Gasteiger partial charge in [0.1, 0.15) is 9.84 Å². The number of nitrogens with one attached hydrogen (secondary N) is 1. The Balaban J connectivity index is 2.00. The van der Waals surface area contributed by atoms with Crippen LogP contribution in [0.3, 0.4) is 0 Å². The fourth-order valence-electron chi connectivity index (χ4n) is 2.07. The molecule has 0 unspecified atom stereocenters. The zero-order valence-corrected chi connectivity index (χ0v) is 12.2. The van der Waals surface area contributed by atoms with Gasteiger partial charge in [0.25, 0.3) is 0 Å². The van der Waals surface area contributed by atoms with Crippen molar-refractivity contribution < 1.29 is 13.2 Å². The Morgan fingerprint density at radius 3 is 2.53 bits per heavy atom. The molecule has 6 heteroatoms. The number of amides is 1. The van der Waals surface area contributed by atoms with Crippen molar-refractivity contribution in [1.82, 2.24) is 0 Å². The van der Waals surface area contributed by atoms with Gasteiger partial charge in [-0.15, -0.1) is 0 Å². The van der Waals surface area contributed by atoms with Crippen LogP contribution in [-0.2, 0) is 14.6 Å². The second-order valence-corrected chi connectivity index (χ2v) is 7.59. The third-order valence-electron chi connectivity index (χ3n) is 3.36. The summed E-state index contributed by atoms with van der Waals surface area (Å²) in [5, 5.41) is 3.39. The Bertz CT molecular complexity index is 584. The van der Waals surface area contributed by atoms with E-state index in [1.807, 2.05) is 13.0 Å². The number of hydrogen-bond donors (Lipinski definition) is 1. The Labute approximate surface area is 118 Å². The van der Waals surface area contributed by atoms with E-state index in [1.54, 1.807) is 12.1 Å². The minimum atomic E-state index is -2.94. The van der Waals surface area contributed by atoms with Crippen LogP contribution in [0.2, 0.25) is 5.02 Å². The van der Waals surface area contributed by atoms with Crippen molar-refractivity contribution in [3.8, 4) is 0 Å². The van der Waals surface area contributed by atoms with Crippen molar-refractivity contribution in [2.24, 2.45) is 5.92 Å². The van der Waals surface area contributed by atoms with E-state index < -0.39 is 9.84 Å². The van der Waals surface area contributed by atoms with Gasteiger partial charge in [-0.3, -0.25) is 4.79 Å². The molecule has 0 aromatic heterocycles. The molecule has 1 saturated heterocycles. The van der Waals surface area contributed by atoms with Gasteiger partial charge in [-0.25, -0.2) is 8.42 Å². The van der Waals surface area contributed by atoms with Crippen LogP contribution in [0.15, 0.2) is 18.2 Å². The standard InChI is InChI=1S/C13H16ClNO3S/c1-9-2-3-11(8-12(9)14)15-13(16)10-4-6-19(17,18)7-5-10/h2-3,8,10H,4-7H2,1H3,(H,15,16). The zero-order valence-electron chi connectivity index (χ0n) is 10.6. The lowest BCUT2D eigenvalue weighted by Crippen LogP contribution is -2.31. The summed E-state index contributed by atoms with van der Waals surface area (Å²) < 4.78 is 22.6. The summed E-state index contributed by atoms with van der Waals surface area (Å²) in [4.78, 5) is 12.0. The summed E-state index contributed by atoms with van der Waals surface area (Å²) in [5.74, 6) is -0.169. The van der Waals surface area contributed by atoms with Crippen molar-refractivity contribution in [3.63, 3.8) is 0 Å². The highest BCUT2D eigenvalue weighted by molar-refractivity contribution is 7.91. The molecule has 104 valence electrons. The van der Waals surface area contributed by atoms with Gasteiger partial charge in [0.15, 0.2) is 0 Å². The van der Waals surface area contributed by atoms with Crippen LogP contribution >= 0.6 is 11.6 Å². The summed E-state index contributed by atoms with van der Waals surface area (Å²) in [7, 11) is -2.94. The average Bonchev–Trinajstić information content (AvgIpc) is 2.33. The predicted octanol–water partition coefficient (Wildman–Crippen LogP) is 2.41. The molecule has 0 aliphatic carbocycles. The molecule has 19 heavy (non-hydrogen) atoms. The largest absolute Gasteiger partial charge is 0.326 e.